The maximum atomic E-state index is 13.1. The van der Waals surface area contributed by atoms with Crippen LogP contribution in [0.2, 0.25) is 0 Å². The summed E-state index contributed by atoms with van der Waals surface area (Å²) in [7, 11) is 1.56. The molecule has 0 bridgehead atoms. The lowest BCUT2D eigenvalue weighted by Crippen LogP contribution is -2.47. The summed E-state index contributed by atoms with van der Waals surface area (Å²) < 4.78 is 10.9. The molecule has 156 valence electrons. The minimum absolute atomic E-state index is 0.153. The van der Waals surface area contributed by atoms with Crippen LogP contribution < -0.4 is 4.74 Å². The lowest BCUT2D eigenvalue weighted by molar-refractivity contribution is 0.0134. The molecule has 7 heteroatoms. The molecule has 0 fully saturated rings. The van der Waals surface area contributed by atoms with Crippen molar-refractivity contribution in [1.82, 2.24) is 9.80 Å². The maximum absolute atomic E-state index is 13.1. The predicted octanol–water partition coefficient (Wildman–Crippen LogP) is 3.78. The Morgan fingerprint density at radius 2 is 1.67 bits per heavy atom. The molecule has 2 heterocycles. The Morgan fingerprint density at radius 3 is 2.23 bits per heavy atom. The third-order valence-electron chi connectivity index (χ3n) is 5.26. The maximum Gasteiger partial charge on any atom is 0.410 e. The van der Waals surface area contributed by atoms with Gasteiger partial charge in [0.05, 0.1) is 24.3 Å². The van der Waals surface area contributed by atoms with Crippen LogP contribution in [0.5, 0.6) is 5.75 Å². The van der Waals surface area contributed by atoms with E-state index in [0.29, 0.717) is 23.4 Å². The van der Waals surface area contributed by atoms with Crippen LogP contribution in [0.15, 0.2) is 42.5 Å². The molecule has 3 amide bonds. The lowest BCUT2D eigenvalue weighted by atomic mass is 9.94. The average molecular weight is 408 g/mol. The van der Waals surface area contributed by atoms with Crippen molar-refractivity contribution >= 4 is 17.9 Å². The molecule has 0 aromatic heterocycles. The molecule has 0 saturated heterocycles. The van der Waals surface area contributed by atoms with Crippen LogP contribution >= 0.6 is 0 Å². The summed E-state index contributed by atoms with van der Waals surface area (Å²) in [5, 5.41) is 0. The summed E-state index contributed by atoms with van der Waals surface area (Å²) in [5.41, 5.74) is 1.74. The van der Waals surface area contributed by atoms with E-state index in [0.717, 1.165) is 11.1 Å². The quantitative estimate of drug-likeness (QED) is 0.707. The Hall–Kier alpha value is -3.35. The van der Waals surface area contributed by atoms with Gasteiger partial charge in [-0.1, -0.05) is 18.2 Å². The number of carbonyl (C=O) groups excluding carboxylic acids is 3. The van der Waals surface area contributed by atoms with E-state index < -0.39 is 17.7 Å². The normalized spacial score (nSPS) is 18.2. The Kier molecular flexibility index (Phi) is 4.76. The van der Waals surface area contributed by atoms with Crippen molar-refractivity contribution in [2.75, 3.05) is 13.7 Å². The van der Waals surface area contributed by atoms with Gasteiger partial charge in [0.1, 0.15) is 11.4 Å². The van der Waals surface area contributed by atoms with Gasteiger partial charge in [0.25, 0.3) is 11.8 Å². The van der Waals surface area contributed by atoms with Crippen LogP contribution in [0.25, 0.3) is 0 Å². The average Bonchev–Trinajstić information content (AvgIpc) is 2.96. The first-order chi connectivity index (χ1) is 14.2. The largest absolute Gasteiger partial charge is 0.497 e. The molecular formula is C23H24N2O5. The van der Waals surface area contributed by atoms with Gasteiger partial charge in [0.15, 0.2) is 0 Å². The van der Waals surface area contributed by atoms with Crippen molar-refractivity contribution in [1.29, 1.82) is 0 Å². The number of methoxy groups -OCH3 is 1. The summed E-state index contributed by atoms with van der Waals surface area (Å²) in [6.45, 7) is 5.88. The van der Waals surface area contributed by atoms with Gasteiger partial charge >= 0.3 is 6.09 Å². The molecule has 2 aromatic rings. The highest BCUT2D eigenvalue weighted by molar-refractivity contribution is 6.21. The number of rotatable bonds is 2. The number of ether oxygens (including phenoxy) is 2. The number of hydrogen-bond donors (Lipinski definition) is 0. The Morgan fingerprint density at radius 1 is 1.03 bits per heavy atom. The van der Waals surface area contributed by atoms with Crippen LogP contribution in [0.3, 0.4) is 0 Å². The number of imide groups is 1. The van der Waals surface area contributed by atoms with Crippen LogP contribution in [0, 0.1) is 0 Å². The van der Waals surface area contributed by atoms with Gasteiger partial charge in [-0.15, -0.1) is 0 Å². The molecule has 0 aliphatic carbocycles. The first-order valence-corrected chi connectivity index (χ1v) is 9.81. The fourth-order valence-electron chi connectivity index (χ4n) is 3.91. The molecule has 30 heavy (non-hydrogen) atoms. The van der Waals surface area contributed by atoms with Gasteiger partial charge in [-0.3, -0.25) is 14.5 Å². The second-order valence-corrected chi connectivity index (χ2v) is 8.47. The Balaban J connectivity index is 1.75. The van der Waals surface area contributed by atoms with Crippen molar-refractivity contribution in [2.45, 2.75) is 39.0 Å². The smallest absolute Gasteiger partial charge is 0.410 e. The number of hydrogen-bond acceptors (Lipinski definition) is 5. The number of fused-ring (bicyclic) bond motifs is 2. The van der Waals surface area contributed by atoms with Crippen molar-refractivity contribution in [3.63, 3.8) is 0 Å². The van der Waals surface area contributed by atoms with E-state index in [2.05, 4.69) is 0 Å². The van der Waals surface area contributed by atoms with Gasteiger partial charge in [0, 0.05) is 13.1 Å². The Bertz CT molecular complexity index is 1010. The van der Waals surface area contributed by atoms with E-state index in [1.54, 1.807) is 58.2 Å². The van der Waals surface area contributed by atoms with E-state index in [9.17, 15) is 14.4 Å². The molecule has 0 spiro atoms. The summed E-state index contributed by atoms with van der Waals surface area (Å²) in [6.07, 6.45) is -0.481. The monoisotopic (exact) mass is 408 g/mol. The summed E-state index contributed by atoms with van der Waals surface area (Å²) in [5.74, 6) is -0.0955. The van der Waals surface area contributed by atoms with Gasteiger partial charge in [-0.25, -0.2) is 4.79 Å². The van der Waals surface area contributed by atoms with E-state index in [-0.39, 0.29) is 18.4 Å². The molecular weight excluding hydrogens is 384 g/mol. The van der Waals surface area contributed by atoms with Gasteiger partial charge in [-0.05, 0) is 56.2 Å². The van der Waals surface area contributed by atoms with Crippen molar-refractivity contribution < 1.29 is 23.9 Å². The van der Waals surface area contributed by atoms with Crippen LogP contribution in [-0.2, 0) is 11.3 Å². The third-order valence-corrected chi connectivity index (χ3v) is 5.26. The first kappa shape index (κ1) is 19.9. The van der Waals surface area contributed by atoms with Crippen molar-refractivity contribution in [3.8, 4) is 5.75 Å². The zero-order valence-corrected chi connectivity index (χ0v) is 17.5. The summed E-state index contributed by atoms with van der Waals surface area (Å²) in [6, 6.07) is 11.6. The Labute approximate surface area is 175 Å². The second-order valence-electron chi connectivity index (χ2n) is 8.47. The minimum atomic E-state index is -0.651. The number of nitrogens with zero attached hydrogens (tertiary/aromatic N) is 2. The van der Waals surface area contributed by atoms with E-state index in [4.69, 9.17) is 9.47 Å². The van der Waals surface area contributed by atoms with Crippen molar-refractivity contribution in [2.24, 2.45) is 0 Å². The minimum Gasteiger partial charge on any atom is -0.497 e. The molecule has 7 nitrogen and oxygen atoms in total. The SMILES string of the molecule is COc1ccc2c(c1)C(N1C(=O)c3ccccc3C1=O)CN(C(=O)OC(C)(C)C)C2. The van der Waals surface area contributed by atoms with Crippen LogP contribution in [-0.4, -0.2) is 47.0 Å². The van der Waals surface area contributed by atoms with E-state index in [1.165, 1.54) is 9.80 Å². The molecule has 0 N–H and O–H groups in total. The van der Waals surface area contributed by atoms with Gasteiger partial charge in [0.2, 0.25) is 0 Å². The standard InChI is InChI=1S/C23H24N2O5/c1-23(2,3)30-22(28)24-12-14-9-10-15(29-4)11-18(14)19(13-24)25-20(26)16-7-5-6-8-17(16)21(25)27/h5-11,19H,12-13H2,1-4H3. The zero-order valence-electron chi connectivity index (χ0n) is 17.5. The number of carbonyl (C=O) groups is 3. The lowest BCUT2D eigenvalue weighted by Gasteiger charge is -2.38. The topological polar surface area (TPSA) is 76.2 Å². The highest BCUT2D eigenvalue weighted by Crippen LogP contribution is 2.38. The molecule has 0 saturated carbocycles. The highest BCUT2D eigenvalue weighted by Gasteiger charge is 2.44. The molecule has 0 radical (unpaired) electrons. The number of amides is 3. The molecule has 2 aliphatic heterocycles. The van der Waals surface area contributed by atoms with E-state index in [1.807, 2.05) is 12.1 Å². The van der Waals surface area contributed by atoms with Gasteiger partial charge in [-0.2, -0.15) is 0 Å². The van der Waals surface area contributed by atoms with E-state index >= 15 is 0 Å². The van der Waals surface area contributed by atoms with Crippen LogP contribution in [0.4, 0.5) is 4.79 Å². The van der Waals surface area contributed by atoms with Gasteiger partial charge < -0.3 is 14.4 Å². The second kappa shape index (κ2) is 7.16. The zero-order chi connectivity index (χ0) is 21.6. The summed E-state index contributed by atoms with van der Waals surface area (Å²) >= 11 is 0. The fraction of sp³-hybridized carbons (Fsp3) is 0.348. The molecule has 4 rings (SSSR count). The fourth-order valence-corrected chi connectivity index (χ4v) is 3.91. The molecule has 2 aliphatic rings. The predicted molar refractivity (Wildman–Crippen MR) is 109 cm³/mol. The highest BCUT2D eigenvalue weighted by atomic mass is 16.6. The summed E-state index contributed by atoms with van der Waals surface area (Å²) in [4.78, 5) is 41.8. The molecule has 2 aromatic carbocycles. The first-order valence-electron chi connectivity index (χ1n) is 9.81. The van der Waals surface area contributed by atoms with Crippen LogP contribution in [0.1, 0.15) is 58.7 Å². The number of benzene rings is 2. The molecule has 1 unspecified atom stereocenters. The van der Waals surface area contributed by atoms with Crippen molar-refractivity contribution in [3.05, 3.63) is 64.7 Å². The molecule has 1 atom stereocenters. The third kappa shape index (κ3) is 3.40.